The van der Waals surface area contributed by atoms with E-state index in [1.165, 1.54) is 11.8 Å². The number of hydrogen-bond acceptors (Lipinski definition) is 6. The zero-order chi connectivity index (χ0) is 22.0. The average Bonchev–Trinajstić information content (AvgIpc) is 3.25. The molecular formula is C21H26ClN5O4. The first-order valence-electron chi connectivity index (χ1n) is 10.5. The van der Waals surface area contributed by atoms with Crippen LogP contribution in [0.15, 0.2) is 30.5 Å². The molecule has 3 heterocycles. The Kier molecular flexibility index (Phi) is 6.15. The molecular weight excluding hydrogens is 422 g/mol. The van der Waals surface area contributed by atoms with E-state index in [0.29, 0.717) is 38.6 Å². The molecule has 1 atom stereocenters. The first kappa shape index (κ1) is 21.6. The Morgan fingerprint density at radius 2 is 1.97 bits per heavy atom. The third kappa shape index (κ3) is 5.16. The lowest BCUT2D eigenvalue weighted by Crippen LogP contribution is -2.53. The van der Waals surface area contributed by atoms with Crippen molar-refractivity contribution in [2.24, 2.45) is 0 Å². The van der Waals surface area contributed by atoms with Crippen molar-refractivity contribution in [3.8, 4) is 6.01 Å². The highest BCUT2D eigenvalue weighted by atomic mass is 35.5. The second-order valence-electron chi connectivity index (χ2n) is 8.46. The van der Waals surface area contributed by atoms with Gasteiger partial charge < -0.3 is 19.8 Å². The van der Waals surface area contributed by atoms with Gasteiger partial charge in [-0.2, -0.15) is 0 Å². The summed E-state index contributed by atoms with van der Waals surface area (Å²) in [7, 11) is 0. The van der Waals surface area contributed by atoms with Gasteiger partial charge >= 0.3 is 11.8 Å². The monoisotopic (exact) mass is 447 g/mol. The standard InChI is InChI=1S/C21H26ClN5O4/c1-21(15-26-13-18(27(29)30)23-20(26)31-21)14-24-9-11-25(12-10-24)19(28)4-2-3-16-5-7-17(22)8-6-16/h5-8,13H,2-4,9-12,14-15H2,1H3/t21-/m0/s1. The first-order chi connectivity index (χ1) is 14.8. The number of nitrogens with zero attached hydrogens (tertiary/aromatic N) is 5. The molecule has 2 aromatic rings. The molecule has 1 saturated heterocycles. The average molecular weight is 448 g/mol. The molecule has 0 unspecified atom stereocenters. The molecule has 0 aliphatic carbocycles. The van der Waals surface area contributed by atoms with Gasteiger partial charge in [0.1, 0.15) is 11.8 Å². The molecule has 0 bridgehead atoms. The Balaban J connectivity index is 1.19. The van der Waals surface area contributed by atoms with Gasteiger partial charge in [0.15, 0.2) is 0 Å². The SMILES string of the molecule is C[C@]1(CN2CCN(C(=O)CCCc3ccc(Cl)cc3)CC2)Cn2cc([N+](=O)[O-])nc2O1. The van der Waals surface area contributed by atoms with Crippen molar-refractivity contribution in [3.63, 3.8) is 0 Å². The lowest BCUT2D eigenvalue weighted by molar-refractivity contribution is -0.389. The maximum atomic E-state index is 12.6. The van der Waals surface area contributed by atoms with Crippen molar-refractivity contribution in [1.82, 2.24) is 19.4 Å². The second-order valence-corrected chi connectivity index (χ2v) is 8.89. The minimum absolute atomic E-state index is 0.194. The molecule has 1 aromatic carbocycles. The van der Waals surface area contributed by atoms with Crippen LogP contribution in [0.4, 0.5) is 5.82 Å². The van der Waals surface area contributed by atoms with Crippen LogP contribution in [0.25, 0.3) is 0 Å². The van der Waals surface area contributed by atoms with Crippen LogP contribution in [0.5, 0.6) is 6.01 Å². The molecule has 0 spiro atoms. The van der Waals surface area contributed by atoms with E-state index in [0.717, 1.165) is 31.0 Å². The number of fused-ring (bicyclic) bond motifs is 1. The van der Waals surface area contributed by atoms with Crippen molar-refractivity contribution in [3.05, 3.63) is 51.2 Å². The minimum Gasteiger partial charge on any atom is -0.436 e. The summed E-state index contributed by atoms with van der Waals surface area (Å²) in [6.45, 7) is 6.16. The van der Waals surface area contributed by atoms with Crippen LogP contribution >= 0.6 is 11.6 Å². The number of ether oxygens (including phenoxy) is 1. The van der Waals surface area contributed by atoms with Gasteiger partial charge in [0.25, 0.3) is 0 Å². The predicted molar refractivity (Wildman–Crippen MR) is 115 cm³/mol. The normalized spacial score (nSPS) is 21.0. The number of halogens is 1. The van der Waals surface area contributed by atoms with Crippen LogP contribution in [0.2, 0.25) is 5.02 Å². The van der Waals surface area contributed by atoms with Crippen molar-refractivity contribution in [1.29, 1.82) is 0 Å². The number of rotatable bonds is 7. The second kappa shape index (κ2) is 8.84. The summed E-state index contributed by atoms with van der Waals surface area (Å²) in [4.78, 5) is 31.0. The zero-order valence-electron chi connectivity index (χ0n) is 17.5. The van der Waals surface area contributed by atoms with Crippen LogP contribution in [0.3, 0.4) is 0 Å². The van der Waals surface area contributed by atoms with Crippen molar-refractivity contribution >= 4 is 23.3 Å². The van der Waals surface area contributed by atoms with Crippen LogP contribution in [0, 0.1) is 10.1 Å². The fraction of sp³-hybridized carbons (Fsp3) is 0.524. The van der Waals surface area contributed by atoms with Crippen LogP contribution < -0.4 is 4.74 Å². The molecule has 0 saturated carbocycles. The van der Waals surface area contributed by atoms with Crippen molar-refractivity contribution < 1.29 is 14.5 Å². The van der Waals surface area contributed by atoms with E-state index in [9.17, 15) is 14.9 Å². The number of aryl methyl sites for hydroxylation is 1. The summed E-state index contributed by atoms with van der Waals surface area (Å²) in [6, 6.07) is 8.05. The number of nitro groups is 1. The number of amides is 1. The maximum absolute atomic E-state index is 12.6. The summed E-state index contributed by atoms with van der Waals surface area (Å²) in [6.07, 6.45) is 3.65. The molecule has 0 radical (unpaired) electrons. The van der Waals surface area contributed by atoms with E-state index in [-0.39, 0.29) is 11.7 Å². The van der Waals surface area contributed by atoms with Gasteiger partial charge in [0.2, 0.25) is 5.91 Å². The summed E-state index contributed by atoms with van der Waals surface area (Å²) >= 11 is 5.91. The Morgan fingerprint density at radius 1 is 1.26 bits per heavy atom. The Morgan fingerprint density at radius 3 is 2.61 bits per heavy atom. The summed E-state index contributed by atoms with van der Waals surface area (Å²) in [5.41, 5.74) is 0.708. The van der Waals surface area contributed by atoms with Crippen LogP contribution in [0.1, 0.15) is 25.3 Å². The molecule has 1 aromatic heterocycles. The van der Waals surface area contributed by atoms with E-state index in [2.05, 4.69) is 9.88 Å². The van der Waals surface area contributed by atoms with E-state index < -0.39 is 10.5 Å². The molecule has 1 fully saturated rings. The highest BCUT2D eigenvalue weighted by Gasteiger charge is 2.41. The fourth-order valence-corrected chi connectivity index (χ4v) is 4.37. The van der Waals surface area contributed by atoms with Gasteiger partial charge in [-0.25, -0.2) is 0 Å². The Bertz CT molecular complexity index is 930. The smallest absolute Gasteiger partial charge is 0.415 e. The molecule has 10 heteroatoms. The number of benzene rings is 1. The number of imidazole rings is 1. The Hall–Kier alpha value is -2.65. The number of carbonyl (C=O) groups excluding carboxylic acids is 1. The fourth-order valence-electron chi connectivity index (χ4n) is 4.24. The van der Waals surface area contributed by atoms with Gasteiger partial charge in [-0.15, -0.1) is 0 Å². The maximum Gasteiger partial charge on any atom is 0.415 e. The molecule has 4 rings (SSSR count). The van der Waals surface area contributed by atoms with E-state index >= 15 is 0 Å². The third-order valence-electron chi connectivity index (χ3n) is 5.81. The highest BCUT2D eigenvalue weighted by molar-refractivity contribution is 6.30. The quantitative estimate of drug-likeness (QED) is 0.478. The molecule has 166 valence electrons. The van der Waals surface area contributed by atoms with Crippen molar-refractivity contribution in [2.75, 3.05) is 32.7 Å². The van der Waals surface area contributed by atoms with E-state index in [1.54, 1.807) is 4.57 Å². The number of carbonyl (C=O) groups is 1. The number of hydrogen-bond donors (Lipinski definition) is 0. The zero-order valence-corrected chi connectivity index (χ0v) is 18.3. The highest BCUT2D eigenvalue weighted by Crippen LogP contribution is 2.31. The number of piperazine rings is 1. The van der Waals surface area contributed by atoms with Gasteiger partial charge in [-0.1, -0.05) is 23.7 Å². The molecule has 0 N–H and O–H groups in total. The predicted octanol–water partition coefficient (Wildman–Crippen LogP) is 2.76. The lowest BCUT2D eigenvalue weighted by atomic mass is 10.1. The van der Waals surface area contributed by atoms with Crippen LogP contribution in [-0.4, -0.2) is 68.5 Å². The molecule has 2 aliphatic rings. The summed E-state index contributed by atoms with van der Waals surface area (Å²) in [5.74, 6) is 0.00428. The van der Waals surface area contributed by atoms with E-state index in [1.807, 2.05) is 36.1 Å². The minimum atomic E-state index is -0.516. The summed E-state index contributed by atoms with van der Waals surface area (Å²) in [5, 5.41) is 11.6. The van der Waals surface area contributed by atoms with Crippen molar-refractivity contribution in [2.45, 2.75) is 38.3 Å². The molecule has 31 heavy (non-hydrogen) atoms. The topological polar surface area (TPSA) is 93.7 Å². The first-order valence-corrected chi connectivity index (χ1v) is 10.8. The molecule has 2 aliphatic heterocycles. The largest absolute Gasteiger partial charge is 0.436 e. The molecule has 1 amide bonds. The van der Waals surface area contributed by atoms with E-state index in [4.69, 9.17) is 16.3 Å². The Labute approximate surface area is 185 Å². The number of aromatic nitrogens is 2. The van der Waals surface area contributed by atoms with Gasteiger partial charge in [0, 0.05) is 49.2 Å². The summed E-state index contributed by atoms with van der Waals surface area (Å²) < 4.78 is 7.61. The lowest BCUT2D eigenvalue weighted by Gasteiger charge is -2.38. The van der Waals surface area contributed by atoms with Gasteiger partial charge in [-0.3, -0.25) is 14.3 Å². The third-order valence-corrected chi connectivity index (χ3v) is 6.06. The van der Waals surface area contributed by atoms with Gasteiger partial charge in [0.05, 0.1) is 6.54 Å². The van der Waals surface area contributed by atoms with Crippen LogP contribution in [-0.2, 0) is 17.8 Å². The van der Waals surface area contributed by atoms with Gasteiger partial charge in [-0.05, 0) is 42.4 Å². The molecule has 9 nitrogen and oxygen atoms in total.